The number of nitrogens with zero attached hydrogens (tertiary/aromatic N) is 1. The van der Waals surface area contributed by atoms with Gasteiger partial charge in [-0.25, -0.2) is 0 Å². The number of halogens is 1. The van der Waals surface area contributed by atoms with Crippen LogP contribution in [0, 0.1) is 6.92 Å². The monoisotopic (exact) mass is 286 g/mol. The van der Waals surface area contributed by atoms with Gasteiger partial charge in [0, 0.05) is 18.0 Å². The van der Waals surface area contributed by atoms with Crippen LogP contribution in [-0.4, -0.2) is 9.97 Å². The summed E-state index contributed by atoms with van der Waals surface area (Å²) in [5.74, 6) is 0. The molecule has 0 aliphatic rings. The van der Waals surface area contributed by atoms with E-state index in [1.807, 2.05) is 12.4 Å². The lowest BCUT2D eigenvalue weighted by atomic mass is 10.1. The van der Waals surface area contributed by atoms with Gasteiger partial charge in [-0.3, -0.25) is 4.98 Å². The molecule has 0 aliphatic heterocycles. The number of aromatic nitrogens is 2. The van der Waals surface area contributed by atoms with Crippen molar-refractivity contribution in [3.63, 3.8) is 0 Å². The minimum absolute atomic E-state index is 0.974. The van der Waals surface area contributed by atoms with E-state index in [1.54, 1.807) is 0 Å². The quantitative estimate of drug-likeness (QED) is 0.710. The molecule has 3 rings (SSSR count). The van der Waals surface area contributed by atoms with Crippen molar-refractivity contribution in [1.29, 1.82) is 0 Å². The fraction of sp³-hybridized carbons (Fsp3) is 0.0714. The van der Waals surface area contributed by atoms with E-state index in [0.29, 0.717) is 0 Å². The number of hydrogen-bond acceptors (Lipinski definition) is 1. The Morgan fingerprint density at radius 1 is 1.18 bits per heavy atom. The molecule has 0 radical (unpaired) electrons. The van der Waals surface area contributed by atoms with Gasteiger partial charge in [0.1, 0.15) is 5.52 Å². The van der Waals surface area contributed by atoms with Crippen LogP contribution >= 0.6 is 15.9 Å². The Labute approximate surface area is 108 Å². The first-order chi connectivity index (χ1) is 8.24. The van der Waals surface area contributed by atoms with Crippen LogP contribution in [0.4, 0.5) is 0 Å². The highest BCUT2D eigenvalue weighted by Crippen LogP contribution is 2.26. The van der Waals surface area contributed by atoms with Crippen molar-refractivity contribution in [3.05, 3.63) is 52.8 Å². The lowest BCUT2D eigenvalue weighted by molar-refractivity contribution is 1.39. The molecule has 1 N–H and O–H groups in total. The minimum Gasteiger partial charge on any atom is -0.359 e. The van der Waals surface area contributed by atoms with E-state index in [0.717, 1.165) is 21.1 Å². The van der Waals surface area contributed by atoms with E-state index < -0.39 is 0 Å². The van der Waals surface area contributed by atoms with Crippen molar-refractivity contribution in [2.45, 2.75) is 6.92 Å². The molecule has 3 heteroatoms. The molecule has 2 aromatic heterocycles. The Hall–Kier alpha value is -1.61. The van der Waals surface area contributed by atoms with E-state index >= 15 is 0 Å². The average molecular weight is 287 g/mol. The van der Waals surface area contributed by atoms with Crippen molar-refractivity contribution in [3.8, 4) is 11.1 Å². The smallest absolute Gasteiger partial charge is 0.102 e. The molecule has 2 nitrogen and oxygen atoms in total. The lowest BCUT2D eigenvalue weighted by Gasteiger charge is -2.02. The van der Waals surface area contributed by atoms with Gasteiger partial charge in [-0.15, -0.1) is 0 Å². The summed E-state index contributed by atoms with van der Waals surface area (Å²) >= 11 is 3.47. The van der Waals surface area contributed by atoms with Crippen LogP contribution in [0.25, 0.3) is 22.2 Å². The number of pyridine rings is 1. The number of benzene rings is 1. The average Bonchev–Trinajstić information content (AvgIpc) is 2.71. The highest BCUT2D eigenvalue weighted by Gasteiger charge is 2.04. The number of aryl methyl sites for hydroxylation is 1. The van der Waals surface area contributed by atoms with Crippen molar-refractivity contribution < 1.29 is 0 Å². The second-order valence-corrected chi connectivity index (χ2v) is 4.98. The normalized spacial score (nSPS) is 10.9. The third-order valence-corrected chi connectivity index (χ3v) is 3.42. The molecule has 0 bridgehead atoms. The molecule has 17 heavy (non-hydrogen) atoms. The largest absolute Gasteiger partial charge is 0.359 e. The number of hydrogen-bond donors (Lipinski definition) is 1. The summed E-state index contributed by atoms with van der Waals surface area (Å²) in [5, 5.41) is 0. The zero-order valence-electron chi connectivity index (χ0n) is 9.37. The fourth-order valence-corrected chi connectivity index (χ4v) is 2.39. The summed E-state index contributed by atoms with van der Waals surface area (Å²) in [7, 11) is 0. The fourth-order valence-electron chi connectivity index (χ4n) is 1.96. The molecular weight excluding hydrogens is 276 g/mol. The van der Waals surface area contributed by atoms with Gasteiger partial charge in [0.25, 0.3) is 0 Å². The number of rotatable bonds is 1. The van der Waals surface area contributed by atoms with Crippen LogP contribution in [0.5, 0.6) is 0 Å². The predicted octanol–water partition coefficient (Wildman–Crippen LogP) is 4.30. The van der Waals surface area contributed by atoms with Crippen molar-refractivity contribution in [2.75, 3.05) is 0 Å². The topological polar surface area (TPSA) is 28.7 Å². The van der Waals surface area contributed by atoms with E-state index in [9.17, 15) is 0 Å². The van der Waals surface area contributed by atoms with Gasteiger partial charge in [0.05, 0.1) is 9.99 Å². The molecule has 1 aromatic carbocycles. The Kier molecular flexibility index (Phi) is 2.48. The van der Waals surface area contributed by atoms with E-state index in [4.69, 9.17) is 0 Å². The predicted molar refractivity (Wildman–Crippen MR) is 74.0 cm³/mol. The van der Waals surface area contributed by atoms with Crippen LogP contribution in [0.3, 0.4) is 0 Å². The van der Waals surface area contributed by atoms with Gasteiger partial charge in [0.2, 0.25) is 0 Å². The first kappa shape index (κ1) is 10.5. The molecule has 0 saturated carbocycles. The first-order valence-corrected chi connectivity index (χ1v) is 6.23. The summed E-state index contributed by atoms with van der Waals surface area (Å²) in [6, 6.07) is 10.6. The Morgan fingerprint density at radius 3 is 2.88 bits per heavy atom. The van der Waals surface area contributed by atoms with Gasteiger partial charge >= 0.3 is 0 Å². The van der Waals surface area contributed by atoms with Gasteiger partial charge < -0.3 is 4.98 Å². The molecule has 0 aliphatic carbocycles. The summed E-state index contributed by atoms with van der Waals surface area (Å²) in [4.78, 5) is 7.67. The molecule has 2 heterocycles. The van der Waals surface area contributed by atoms with Crippen LogP contribution in [-0.2, 0) is 0 Å². The molecule has 84 valence electrons. The highest BCUT2D eigenvalue weighted by atomic mass is 79.9. The molecule has 0 unspecified atom stereocenters. The summed E-state index contributed by atoms with van der Waals surface area (Å²) in [6.45, 7) is 2.10. The lowest BCUT2D eigenvalue weighted by Crippen LogP contribution is -1.82. The Balaban J connectivity index is 2.18. The Morgan fingerprint density at radius 2 is 2.06 bits per heavy atom. The number of H-pyrrole nitrogens is 1. The minimum atomic E-state index is 0.974. The SMILES string of the molecule is Cc1cccc(-c2cnc3c(Br)c[nH]c3c2)c1. The van der Waals surface area contributed by atoms with Crippen molar-refractivity contribution >= 4 is 27.0 Å². The molecular formula is C14H11BrN2. The Bertz CT molecular complexity index is 686. The maximum atomic E-state index is 4.47. The third kappa shape index (κ3) is 1.87. The van der Waals surface area contributed by atoms with Crippen LogP contribution in [0.15, 0.2) is 47.2 Å². The number of nitrogens with one attached hydrogen (secondary N) is 1. The van der Waals surface area contributed by atoms with Gasteiger partial charge in [0.15, 0.2) is 0 Å². The molecule has 0 saturated heterocycles. The summed E-state index contributed by atoms with van der Waals surface area (Å²) < 4.78 is 1.00. The first-order valence-electron chi connectivity index (χ1n) is 5.44. The molecule has 0 atom stereocenters. The number of fused-ring (bicyclic) bond motifs is 1. The standard InChI is InChI=1S/C14H11BrN2/c1-9-3-2-4-10(5-9)11-6-13-14(17-7-11)12(15)8-16-13/h2-8,16H,1H3. The van der Waals surface area contributed by atoms with Crippen LogP contribution < -0.4 is 0 Å². The number of aromatic amines is 1. The van der Waals surface area contributed by atoms with Gasteiger partial charge in [-0.1, -0.05) is 29.8 Å². The third-order valence-electron chi connectivity index (χ3n) is 2.82. The van der Waals surface area contributed by atoms with Crippen molar-refractivity contribution in [1.82, 2.24) is 9.97 Å². The van der Waals surface area contributed by atoms with E-state index in [-0.39, 0.29) is 0 Å². The highest BCUT2D eigenvalue weighted by molar-refractivity contribution is 9.10. The molecule has 0 spiro atoms. The van der Waals surface area contributed by atoms with E-state index in [2.05, 4.69) is 63.2 Å². The second-order valence-electron chi connectivity index (χ2n) is 4.13. The van der Waals surface area contributed by atoms with E-state index in [1.165, 1.54) is 11.1 Å². The summed E-state index contributed by atoms with van der Waals surface area (Å²) in [5.41, 5.74) is 5.62. The molecule has 3 aromatic rings. The van der Waals surface area contributed by atoms with Gasteiger partial charge in [-0.05, 0) is 34.5 Å². The maximum Gasteiger partial charge on any atom is 0.102 e. The molecule has 0 amide bonds. The van der Waals surface area contributed by atoms with Crippen LogP contribution in [0.2, 0.25) is 0 Å². The van der Waals surface area contributed by atoms with Crippen molar-refractivity contribution in [2.24, 2.45) is 0 Å². The zero-order valence-corrected chi connectivity index (χ0v) is 11.0. The van der Waals surface area contributed by atoms with Crippen LogP contribution in [0.1, 0.15) is 5.56 Å². The molecule has 0 fully saturated rings. The zero-order chi connectivity index (χ0) is 11.8. The summed E-state index contributed by atoms with van der Waals surface area (Å²) in [6.07, 6.45) is 3.83. The second kappa shape index (κ2) is 4.00. The van der Waals surface area contributed by atoms with Gasteiger partial charge in [-0.2, -0.15) is 0 Å². The maximum absolute atomic E-state index is 4.47.